The molecule has 1 spiro atoms. The molecule has 0 aliphatic heterocycles. The lowest BCUT2D eigenvalue weighted by molar-refractivity contribution is -0.313. The number of rotatable bonds is 4. The van der Waals surface area contributed by atoms with Gasteiger partial charge in [0.25, 0.3) is 0 Å². The number of ether oxygens (including phenoxy) is 1. The number of carboxylic acids is 1. The molecule has 2 saturated carbocycles. The van der Waals surface area contributed by atoms with E-state index in [-0.39, 0.29) is 23.2 Å². The van der Waals surface area contributed by atoms with Crippen molar-refractivity contribution in [1.82, 2.24) is 0 Å². The van der Waals surface area contributed by atoms with Gasteiger partial charge in [0.05, 0.1) is 18.7 Å². The van der Waals surface area contributed by atoms with Crippen LogP contribution in [0.25, 0.3) is 0 Å². The summed E-state index contributed by atoms with van der Waals surface area (Å²) < 4.78 is 5.24. The Morgan fingerprint density at radius 2 is 1.83 bits per heavy atom. The van der Waals surface area contributed by atoms with Crippen molar-refractivity contribution in [2.24, 2.45) is 29.1 Å². The number of aliphatic carboxylic acids is 1. The maximum atomic E-state index is 12.8. The molecule has 1 amide bonds. The van der Waals surface area contributed by atoms with Gasteiger partial charge >= 0.3 is 0 Å². The summed E-state index contributed by atoms with van der Waals surface area (Å²) in [7, 11) is 1.54. The molecular weight excluding hydrogens is 294 g/mol. The van der Waals surface area contributed by atoms with Gasteiger partial charge < -0.3 is 20.0 Å². The van der Waals surface area contributed by atoms with Crippen molar-refractivity contribution in [3.63, 3.8) is 0 Å². The Balaban J connectivity index is 1.63. The molecule has 5 nitrogen and oxygen atoms in total. The van der Waals surface area contributed by atoms with Crippen molar-refractivity contribution in [2.75, 3.05) is 12.4 Å². The van der Waals surface area contributed by atoms with Gasteiger partial charge in [-0.05, 0) is 42.2 Å². The second-order valence-corrected chi connectivity index (χ2v) is 6.73. The average molecular weight is 312 g/mol. The second kappa shape index (κ2) is 4.85. The molecule has 3 aliphatic carbocycles. The van der Waals surface area contributed by atoms with Gasteiger partial charge in [-0.1, -0.05) is 24.3 Å². The minimum atomic E-state index is -1.12. The molecule has 1 aromatic rings. The summed E-state index contributed by atoms with van der Waals surface area (Å²) in [5.74, 6) is -2.17. The maximum absolute atomic E-state index is 12.8. The van der Waals surface area contributed by atoms with Crippen LogP contribution < -0.4 is 15.2 Å². The van der Waals surface area contributed by atoms with Crippen LogP contribution in [0.2, 0.25) is 0 Å². The molecule has 1 aromatic carbocycles. The summed E-state index contributed by atoms with van der Waals surface area (Å²) in [4.78, 5) is 24.5. The highest BCUT2D eigenvalue weighted by Crippen LogP contribution is 2.71. The van der Waals surface area contributed by atoms with E-state index in [1.165, 1.54) is 7.11 Å². The smallest absolute Gasteiger partial charge is 0.228 e. The van der Waals surface area contributed by atoms with Gasteiger partial charge in [-0.2, -0.15) is 0 Å². The van der Waals surface area contributed by atoms with E-state index in [0.717, 1.165) is 12.8 Å². The Morgan fingerprint density at radius 1 is 1.17 bits per heavy atom. The molecule has 4 rings (SSSR count). The van der Waals surface area contributed by atoms with Crippen molar-refractivity contribution in [1.29, 1.82) is 0 Å². The summed E-state index contributed by atoms with van der Waals surface area (Å²) in [6.45, 7) is 0. The van der Waals surface area contributed by atoms with Crippen molar-refractivity contribution in [3.05, 3.63) is 36.4 Å². The predicted molar refractivity (Wildman–Crippen MR) is 81.4 cm³/mol. The van der Waals surface area contributed by atoms with E-state index in [2.05, 4.69) is 5.32 Å². The van der Waals surface area contributed by atoms with Crippen molar-refractivity contribution < 1.29 is 19.4 Å². The number of benzene rings is 1. The molecule has 2 bridgehead atoms. The lowest BCUT2D eigenvalue weighted by Crippen LogP contribution is -2.42. The SMILES string of the molecule is COc1ccccc1NC(=O)[C@H]1[C@@H](C(=O)[O-])[C@H]2C=C[C@@H]1C21CC1. The van der Waals surface area contributed by atoms with Crippen LogP contribution in [-0.2, 0) is 9.59 Å². The van der Waals surface area contributed by atoms with Gasteiger partial charge in [-0.25, -0.2) is 0 Å². The van der Waals surface area contributed by atoms with E-state index in [1.54, 1.807) is 18.2 Å². The van der Waals surface area contributed by atoms with E-state index in [0.29, 0.717) is 11.4 Å². The van der Waals surface area contributed by atoms with Crippen LogP contribution in [0.3, 0.4) is 0 Å². The topological polar surface area (TPSA) is 78.5 Å². The summed E-state index contributed by atoms with van der Waals surface area (Å²) >= 11 is 0. The zero-order valence-electron chi connectivity index (χ0n) is 12.8. The fourth-order valence-electron chi connectivity index (χ4n) is 4.64. The number of hydrogen-bond acceptors (Lipinski definition) is 4. The van der Waals surface area contributed by atoms with Gasteiger partial charge in [0, 0.05) is 11.9 Å². The third kappa shape index (κ3) is 1.92. The molecule has 0 unspecified atom stereocenters. The first-order valence-corrected chi connectivity index (χ1v) is 7.91. The van der Waals surface area contributed by atoms with Crippen LogP contribution in [-0.4, -0.2) is 19.0 Å². The molecule has 0 aromatic heterocycles. The predicted octanol–water partition coefficient (Wildman–Crippen LogP) is 1.21. The van der Waals surface area contributed by atoms with Crippen molar-refractivity contribution >= 4 is 17.6 Å². The zero-order chi connectivity index (χ0) is 16.2. The molecule has 0 radical (unpaired) electrons. The highest BCUT2D eigenvalue weighted by molar-refractivity contribution is 5.97. The van der Waals surface area contributed by atoms with E-state index in [4.69, 9.17) is 4.74 Å². The number of nitrogens with one attached hydrogen (secondary N) is 1. The number of carbonyl (C=O) groups excluding carboxylic acids is 2. The van der Waals surface area contributed by atoms with Gasteiger partial charge in [0.15, 0.2) is 0 Å². The molecule has 120 valence electrons. The molecule has 23 heavy (non-hydrogen) atoms. The van der Waals surface area contributed by atoms with Crippen LogP contribution in [0.4, 0.5) is 5.69 Å². The summed E-state index contributed by atoms with van der Waals surface area (Å²) in [6.07, 6.45) is 6.00. The van der Waals surface area contributed by atoms with Crippen molar-refractivity contribution in [2.45, 2.75) is 12.8 Å². The lowest BCUT2D eigenvalue weighted by Gasteiger charge is -2.27. The fourth-order valence-corrected chi connectivity index (χ4v) is 4.64. The molecule has 4 atom stereocenters. The second-order valence-electron chi connectivity index (χ2n) is 6.73. The number of hydrogen-bond donors (Lipinski definition) is 1. The molecule has 0 heterocycles. The number of para-hydroxylation sites is 2. The van der Waals surface area contributed by atoms with Crippen molar-refractivity contribution in [3.8, 4) is 5.75 Å². The largest absolute Gasteiger partial charge is 0.550 e. The van der Waals surface area contributed by atoms with Gasteiger partial charge in [-0.15, -0.1) is 0 Å². The minimum Gasteiger partial charge on any atom is -0.550 e. The van der Waals surface area contributed by atoms with Crippen LogP contribution in [0.15, 0.2) is 36.4 Å². The van der Waals surface area contributed by atoms with Gasteiger partial charge in [0.1, 0.15) is 5.75 Å². The average Bonchev–Trinajstić information content (AvgIpc) is 3.21. The van der Waals surface area contributed by atoms with E-state index in [9.17, 15) is 14.7 Å². The number of carbonyl (C=O) groups is 2. The Kier molecular flexibility index (Phi) is 3.01. The van der Waals surface area contributed by atoms with Gasteiger partial charge in [0.2, 0.25) is 5.91 Å². The molecule has 0 saturated heterocycles. The number of amides is 1. The Bertz CT molecular complexity index is 707. The minimum absolute atomic E-state index is 0.00473. The summed E-state index contributed by atoms with van der Waals surface area (Å²) in [5, 5.41) is 14.5. The fraction of sp³-hybridized carbons (Fsp3) is 0.444. The van der Waals surface area contributed by atoms with Crippen LogP contribution in [0.5, 0.6) is 5.75 Å². The van der Waals surface area contributed by atoms with E-state index in [1.807, 2.05) is 18.2 Å². The number of methoxy groups -OCH3 is 1. The molecule has 5 heteroatoms. The molecule has 2 fully saturated rings. The van der Waals surface area contributed by atoms with Crippen LogP contribution in [0, 0.1) is 29.1 Å². The highest BCUT2D eigenvalue weighted by atomic mass is 16.5. The maximum Gasteiger partial charge on any atom is 0.228 e. The quantitative estimate of drug-likeness (QED) is 0.848. The normalized spacial score (nSPS) is 32.0. The first-order chi connectivity index (χ1) is 11.1. The first kappa shape index (κ1) is 14.3. The Hall–Kier alpha value is -2.30. The standard InChI is InChI=1S/C18H19NO4/c1-23-13-5-3-2-4-12(13)19-16(20)14-10-6-7-11(15(14)17(21)22)18(10)8-9-18/h2-7,10-11,14-15H,8-9H2,1H3,(H,19,20)(H,21,22)/p-1/t10-,11+,14+,15-/m0/s1. The van der Waals surface area contributed by atoms with Gasteiger partial charge in [-0.3, -0.25) is 4.79 Å². The zero-order valence-corrected chi connectivity index (χ0v) is 12.8. The van der Waals surface area contributed by atoms with Crippen LogP contribution >= 0.6 is 0 Å². The third-order valence-corrected chi connectivity index (χ3v) is 5.78. The number of anilines is 1. The number of allylic oxidation sites excluding steroid dienone is 2. The Labute approximate surface area is 134 Å². The first-order valence-electron chi connectivity index (χ1n) is 7.91. The molecule has 3 aliphatic rings. The Morgan fingerprint density at radius 3 is 2.43 bits per heavy atom. The summed E-state index contributed by atoms with van der Waals surface area (Å²) in [5.41, 5.74) is 0.557. The van der Waals surface area contributed by atoms with E-state index >= 15 is 0 Å². The summed E-state index contributed by atoms with van der Waals surface area (Å²) in [6, 6.07) is 7.13. The lowest BCUT2D eigenvalue weighted by atomic mass is 9.82. The van der Waals surface area contributed by atoms with Crippen LogP contribution in [0.1, 0.15) is 12.8 Å². The molecule has 1 N–H and O–H groups in total. The monoisotopic (exact) mass is 312 g/mol. The van der Waals surface area contributed by atoms with E-state index < -0.39 is 17.8 Å². The number of carboxylic acid groups (broad SMARTS) is 1. The molecular formula is C18H18NO4-. The third-order valence-electron chi connectivity index (χ3n) is 5.78. The highest BCUT2D eigenvalue weighted by Gasteiger charge is 2.68.